The summed E-state index contributed by atoms with van der Waals surface area (Å²) in [5, 5.41) is 25.2. The van der Waals surface area contributed by atoms with Crippen LogP contribution in [0, 0.1) is 30.0 Å². The minimum absolute atomic E-state index is 0.120. The first-order valence-corrected chi connectivity index (χ1v) is 12.4. The number of anilines is 3. The van der Waals surface area contributed by atoms with Crippen LogP contribution in [0.1, 0.15) is 48.8 Å². The molecule has 0 aliphatic heterocycles. The average Bonchev–Trinajstić information content (AvgIpc) is 3.66. The molecule has 12 heteroatoms. The first-order valence-electron chi connectivity index (χ1n) is 12.5. The van der Waals surface area contributed by atoms with Gasteiger partial charge < -0.3 is 10.6 Å². The molecule has 0 radical (unpaired) electrons. The Hall–Kier alpha value is -4.69. The second kappa shape index (κ2) is 9.89. The topological polar surface area (TPSA) is 117 Å². The molecule has 1 atom stereocenters. The van der Waals surface area contributed by atoms with Gasteiger partial charge in [0.05, 0.1) is 53.3 Å². The summed E-state index contributed by atoms with van der Waals surface area (Å²) in [4.78, 5) is 12.1. The van der Waals surface area contributed by atoms with Gasteiger partial charge in [0.25, 0.3) is 0 Å². The van der Waals surface area contributed by atoms with Crippen LogP contribution in [0.25, 0.3) is 10.9 Å². The minimum atomic E-state index is -1.61. The number of fused-ring (bicyclic) bond motifs is 1. The van der Waals surface area contributed by atoms with E-state index in [-0.39, 0.29) is 28.0 Å². The van der Waals surface area contributed by atoms with Crippen LogP contribution in [0.5, 0.6) is 0 Å². The van der Waals surface area contributed by atoms with Crippen molar-refractivity contribution in [1.29, 1.82) is 5.26 Å². The number of hydrogen-bond donors (Lipinski definition) is 2. The molecule has 194 valence electrons. The van der Waals surface area contributed by atoms with Gasteiger partial charge >= 0.3 is 0 Å². The smallest absolute Gasteiger partial charge is 0.249 e. The zero-order chi connectivity index (χ0) is 28.0. The van der Waals surface area contributed by atoms with Crippen LogP contribution in [0.2, 0.25) is 5.02 Å². The Morgan fingerprint density at radius 2 is 2.03 bits per heavy atom. The van der Waals surface area contributed by atoms with E-state index < -0.39 is 17.8 Å². The van der Waals surface area contributed by atoms with E-state index in [1.165, 1.54) is 6.20 Å². The first-order chi connectivity index (χ1) is 19.3. The fraction of sp³-hybridized carbons (Fsp3) is 0.185. The number of nitriles is 1. The maximum atomic E-state index is 13.9. The van der Waals surface area contributed by atoms with Crippen LogP contribution in [0.15, 0.2) is 55.1 Å². The highest BCUT2D eigenvalue weighted by molar-refractivity contribution is 6.36. The maximum Gasteiger partial charge on any atom is 0.249 e. The summed E-state index contributed by atoms with van der Waals surface area (Å²) < 4.78 is 38.7. The van der Waals surface area contributed by atoms with Gasteiger partial charge in [0.15, 0.2) is 5.82 Å². The van der Waals surface area contributed by atoms with E-state index in [1.54, 1.807) is 48.3 Å². The Kier molecular flexibility index (Phi) is 5.94. The van der Waals surface area contributed by atoms with Crippen molar-refractivity contribution in [2.75, 3.05) is 10.6 Å². The zero-order valence-electron chi connectivity index (χ0n) is 21.5. The number of hydrogen-bond acceptors (Lipinski definition) is 8. The first kappa shape index (κ1) is 23.4. The molecule has 6 rings (SSSR count). The summed E-state index contributed by atoms with van der Waals surface area (Å²) >= 11 is 6.64. The highest BCUT2D eigenvalue weighted by Crippen LogP contribution is 2.38. The summed E-state index contributed by atoms with van der Waals surface area (Å²) in [6.45, 7) is 1.81. The molecule has 1 aliphatic rings. The van der Waals surface area contributed by atoms with Gasteiger partial charge in [-0.05, 0) is 38.0 Å². The van der Waals surface area contributed by atoms with Crippen molar-refractivity contribution in [2.45, 2.75) is 31.8 Å². The van der Waals surface area contributed by atoms with E-state index in [1.807, 2.05) is 0 Å². The molecule has 5 aromatic rings. The third kappa shape index (κ3) is 4.82. The van der Waals surface area contributed by atoms with Crippen LogP contribution in [0.3, 0.4) is 0 Å². The molecule has 0 bridgehead atoms. The lowest BCUT2D eigenvalue weighted by molar-refractivity contribution is 0.480. The quantitative estimate of drug-likeness (QED) is 0.239. The summed E-state index contributed by atoms with van der Waals surface area (Å²) in [5.74, 6) is -2.39. The summed E-state index contributed by atoms with van der Waals surface area (Å²) in [6, 6.07) is 8.47. The fourth-order valence-corrected chi connectivity index (χ4v) is 4.52. The molecular weight excluding hydrogens is 524 g/mol. The molecule has 1 fully saturated rings. The van der Waals surface area contributed by atoms with Gasteiger partial charge in [0, 0.05) is 40.8 Å². The molecule has 1 saturated carbocycles. The Morgan fingerprint density at radius 1 is 1.18 bits per heavy atom. The van der Waals surface area contributed by atoms with E-state index in [2.05, 4.69) is 42.0 Å². The van der Waals surface area contributed by atoms with E-state index >= 15 is 0 Å². The van der Waals surface area contributed by atoms with Crippen LogP contribution < -0.4 is 10.6 Å². The van der Waals surface area contributed by atoms with Gasteiger partial charge in [0.2, 0.25) is 5.95 Å². The molecule has 1 aromatic carbocycles. The summed E-state index contributed by atoms with van der Waals surface area (Å²) in [5.41, 5.74) is 2.84. The molecule has 4 heterocycles. The molecule has 4 aromatic heterocycles. The number of aryl methyl sites for hydroxylation is 1. The third-order valence-corrected chi connectivity index (χ3v) is 6.63. The molecule has 39 heavy (non-hydrogen) atoms. The molecule has 1 unspecified atom stereocenters. The van der Waals surface area contributed by atoms with Gasteiger partial charge in [-0.25, -0.2) is 14.1 Å². The van der Waals surface area contributed by atoms with E-state index in [0.29, 0.717) is 33.5 Å². The van der Waals surface area contributed by atoms with Crippen LogP contribution in [-0.2, 0) is 0 Å². The maximum absolute atomic E-state index is 13.9. The summed E-state index contributed by atoms with van der Waals surface area (Å²) in [7, 11) is 0. The Balaban J connectivity index is 1.49. The number of nitrogens with one attached hydrogen (secondary N) is 2. The molecular formula is C27H20ClF2N9. The van der Waals surface area contributed by atoms with Crippen molar-refractivity contribution in [2.24, 2.45) is 0 Å². The molecule has 1 aliphatic carbocycles. The second-order valence-electron chi connectivity index (χ2n) is 9.09. The van der Waals surface area contributed by atoms with Crippen molar-refractivity contribution in [1.82, 2.24) is 29.9 Å². The largest absolute Gasteiger partial charge is 0.373 e. The van der Waals surface area contributed by atoms with Crippen molar-refractivity contribution in [3.63, 3.8) is 0 Å². The number of benzene rings is 1. The predicted molar refractivity (Wildman–Crippen MR) is 142 cm³/mol. The molecule has 9 nitrogen and oxygen atoms in total. The van der Waals surface area contributed by atoms with Crippen molar-refractivity contribution >= 4 is 39.6 Å². The van der Waals surface area contributed by atoms with Crippen molar-refractivity contribution in [3.8, 4) is 6.07 Å². The van der Waals surface area contributed by atoms with E-state index in [9.17, 15) is 15.4 Å². The van der Waals surface area contributed by atoms with Gasteiger partial charge in [-0.3, -0.25) is 9.97 Å². The lowest BCUT2D eigenvalue weighted by atomic mass is 10.0. The second-order valence-corrected chi connectivity index (χ2v) is 9.49. The molecule has 0 spiro atoms. The number of rotatable bonds is 7. The van der Waals surface area contributed by atoms with E-state index in [0.717, 1.165) is 25.1 Å². The van der Waals surface area contributed by atoms with Crippen LogP contribution in [-0.4, -0.2) is 29.9 Å². The summed E-state index contributed by atoms with van der Waals surface area (Å²) in [6.07, 6.45) is 7.86. The van der Waals surface area contributed by atoms with Gasteiger partial charge in [-0.2, -0.15) is 9.65 Å². The Labute approximate surface area is 227 Å². The standard InChI is InChI=1S/C27H20ClF2N9/c1-14-19(3-2-6-32-14)26(23-13-39(38-37-23)18-4-5-18)35-16-7-20-24(36-17-9-22(29)27(30)34-12-17)15(10-31)11-33-25(20)21(28)8-16/h2-3,6-9,11-13,18,26,35H,4-5H2,1H3,(H,33,36)/i26D. The average molecular weight is 545 g/mol. The zero-order valence-corrected chi connectivity index (χ0v) is 21.2. The van der Waals surface area contributed by atoms with Crippen LogP contribution >= 0.6 is 11.6 Å². The highest BCUT2D eigenvalue weighted by atomic mass is 35.5. The number of pyridine rings is 3. The van der Waals surface area contributed by atoms with Gasteiger partial charge in [-0.15, -0.1) is 5.10 Å². The third-order valence-electron chi connectivity index (χ3n) is 6.34. The fourth-order valence-electron chi connectivity index (χ4n) is 4.26. The predicted octanol–water partition coefficient (Wildman–Crippen LogP) is 6.01. The highest BCUT2D eigenvalue weighted by Gasteiger charge is 2.28. The number of nitrogens with zero attached hydrogens (tertiary/aromatic N) is 7. The van der Waals surface area contributed by atoms with Crippen molar-refractivity contribution < 1.29 is 10.2 Å². The normalized spacial score (nSPS) is 14.9. The Morgan fingerprint density at radius 3 is 2.77 bits per heavy atom. The van der Waals surface area contributed by atoms with Crippen molar-refractivity contribution in [3.05, 3.63) is 94.4 Å². The lowest BCUT2D eigenvalue weighted by Crippen LogP contribution is -2.15. The van der Waals surface area contributed by atoms with E-state index in [4.69, 9.17) is 11.6 Å². The molecule has 0 saturated heterocycles. The number of aromatic nitrogens is 6. The van der Waals surface area contributed by atoms with Gasteiger partial charge in [-0.1, -0.05) is 22.9 Å². The lowest BCUT2D eigenvalue weighted by Gasteiger charge is -2.21. The minimum Gasteiger partial charge on any atom is -0.373 e. The molecule has 2 N–H and O–H groups in total. The van der Waals surface area contributed by atoms with Crippen LogP contribution in [0.4, 0.5) is 25.8 Å². The SMILES string of the molecule is [2H]C(Nc1cc(Cl)c2ncc(C#N)c(Nc3cnc(F)c(F)c3)c2c1)(c1cn(C2CC2)nn1)c1cccnc1C. The number of halogens is 3. The monoisotopic (exact) mass is 544 g/mol. The Bertz CT molecular complexity index is 1820. The molecule has 0 amide bonds. The van der Waals surface area contributed by atoms with Gasteiger partial charge in [0.1, 0.15) is 11.8 Å².